The van der Waals surface area contributed by atoms with E-state index in [1.54, 1.807) is 0 Å². The summed E-state index contributed by atoms with van der Waals surface area (Å²) in [5, 5.41) is 9.96. The van der Waals surface area contributed by atoms with Crippen molar-refractivity contribution < 1.29 is 9.90 Å². The van der Waals surface area contributed by atoms with Gasteiger partial charge in [-0.25, -0.2) is 0 Å². The summed E-state index contributed by atoms with van der Waals surface area (Å²) < 4.78 is 0. The van der Waals surface area contributed by atoms with Crippen LogP contribution in [0.5, 0.6) is 0 Å². The molecule has 0 aliphatic heterocycles. The lowest BCUT2D eigenvalue weighted by Crippen LogP contribution is -2.32. The molecule has 3 heteroatoms. The van der Waals surface area contributed by atoms with Crippen molar-refractivity contribution in [1.82, 2.24) is 0 Å². The van der Waals surface area contributed by atoms with Crippen LogP contribution in [0.4, 0.5) is 0 Å². The molecule has 0 bridgehead atoms. The van der Waals surface area contributed by atoms with Gasteiger partial charge in [0.25, 0.3) is 0 Å². The first kappa shape index (κ1) is 11.9. The van der Waals surface area contributed by atoms with E-state index in [1.807, 2.05) is 11.8 Å². The SMILES string of the molecule is CC1CCC(C(=O)O)C(SC(C)C)C1. The normalized spacial score (nSPS) is 33.3. The minimum atomic E-state index is -0.602. The highest BCUT2D eigenvalue weighted by Crippen LogP contribution is 2.38. The number of rotatable bonds is 3. The maximum absolute atomic E-state index is 11.0. The van der Waals surface area contributed by atoms with Crippen molar-refractivity contribution in [2.24, 2.45) is 11.8 Å². The van der Waals surface area contributed by atoms with Gasteiger partial charge in [-0.1, -0.05) is 20.8 Å². The van der Waals surface area contributed by atoms with Gasteiger partial charge in [-0.2, -0.15) is 11.8 Å². The molecule has 3 unspecified atom stereocenters. The average molecular weight is 216 g/mol. The van der Waals surface area contributed by atoms with Crippen LogP contribution in [-0.2, 0) is 4.79 Å². The van der Waals surface area contributed by atoms with Crippen LogP contribution in [0.15, 0.2) is 0 Å². The molecule has 2 nitrogen and oxygen atoms in total. The summed E-state index contributed by atoms with van der Waals surface area (Å²) in [6.07, 6.45) is 3.01. The minimum absolute atomic E-state index is 0.112. The van der Waals surface area contributed by atoms with Gasteiger partial charge in [0, 0.05) is 5.25 Å². The molecule has 0 saturated heterocycles. The Labute approximate surface area is 90.5 Å². The highest BCUT2D eigenvalue weighted by molar-refractivity contribution is 8.00. The number of carbonyl (C=O) groups is 1. The highest BCUT2D eigenvalue weighted by atomic mass is 32.2. The molecule has 0 aromatic heterocycles. The topological polar surface area (TPSA) is 37.3 Å². The monoisotopic (exact) mass is 216 g/mol. The second-order valence-electron chi connectivity index (χ2n) is 4.59. The second kappa shape index (κ2) is 5.06. The Morgan fingerprint density at radius 1 is 1.43 bits per heavy atom. The largest absolute Gasteiger partial charge is 0.481 e. The summed E-state index contributed by atoms with van der Waals surface area (Å²) in [7, 11) is 0. The Hall–Kier alpha value is -0.180. The van der Waals surface area contributed by atoms with E-state index >= 15 is 0 Å². The van der Waals surface area contributed by atoms with E-state index in [9.17, 15) is 4.79 Å². The van der Waals surface area contributed by atoms with E-state index < -0.39 is 5.97 Å². The van der Waals surface area contributed by atoms with Gasteiger partial charge in [-0.3, -0.25) is 4.79 Å². The molecule has 0 heterocycles. The molecule has 82 valence electrons. The molecule has 0 aromatic rings. The Balaban J connectivity index is 2.59. The fourth-order valence-electron chi connectivity index (χ4n) is 2.11. The fourth-order valence-corrected chi connectivity index (χ4v) is 3.69. The smallest absolute Gasteiger partial charge is 0.307 e. The molecule has 14 heavy (non-hydrogen) atoms. The lowest BCUT2D eigenvalue weighted by Gasteiger charge is -2.32. The summed E-state index contributed by atoms with van der Waals surface area (Å²) in [6.45, 7) is 6.51. The molecule has 0 amide bonds. The molecule has 1 N–H and O–H groups in total. The van der Waals surface area contributed by atoms with Gasteiger partial charge in [0.1, 0.15) is 0 Å². The lowest BCUT2D eigenvalue weighted by atomic mass is 9.82. The Bertz CT molecular complexity index is 201. The van der Waals surface area contributed by atoms with E-state index in [0.717, 1.165) is 19.3 Å². The number of aliphatic carboxylic acids is 1. The standard InChI is InChI=1S/C11H20O2S/c1-7(2)14-10-6-8(3)4-5-9(10)11(12)13/h7-10H,4-6H2,1-3H3,(H,12,13). The van der Waals surface area contributed by atoms with Crippen molar-refractivity contribution >= 4 is 17.7 Å². The van der Waals surface area contributed by atoms with E-state index in [1.165, 1.54) is 0 Å². The number of carboxylic acids is 1. The predicted molar refractivity (Wildman–Crippen MR) is 60.7 cm³/mol. The molecular weight excluding hydrogens is 196 g/mol. The predicted octanol–water partition coefficient (Wildman–Crippen LogP) is 3.02. The molecule has 1 aliphatic carbocycles. The third-order valence-corrected chi connectivity index (χ3v) is 4.23. The molecule has 1 aliphatic rings. The van der Waals surface area contributed by atoms with Crippen LogP contribution in [0.2, 0.25) is 0 Å². The fraction of sp³-hybridized carbons (Fsp3) is 0.909. The van der Waals surface area contributed by atoms with Crippen LogP contribution in [-0.4, -0.2) is 21.6 Å². The van der Waals surface area contributed by atoms with E-state index in [4.69, 9.17) is 5.11 Å². The zero-order valence-corrected chi connectivity index (χ0v) is 10.0. The average Bonchev–Trinajstić information content (AvgIpc) is 2.01. The Kier molecular flexibility index (Phi) is 4.30. The molecule has 1 saturated carbocycles. The van der Waals surface area contributed by atoms with Gasteiger partial charge in [0.2, 0.25) is 0 Å². The zero-order valence-electron chi connectivity index (χ0n) is 9.19. The van der Waals surface area contributed by atoms with Crippen molar-refractivity contribution in [3.8, 4) is 0 Å². The van der Waals surface area contributed by atoms with Gasteiger partial charge in [0.15, 0.2) is 0 Å². The number of thioether (sulfide) groups is 1. The minimum Gasteiger partial charge on any atom is -0.481 e. The molecule has 1 fully saturated rings. The first-order valence-electron chi connectivity index (χ1n) is 5.39. The molecule has 1 rings (SSSR count). The van der Waals surface area contributed by atoms with Gasteiger partial charge < -0.3 is 5.11 Å². The summed E-state index contributed by atoms with van der Waals surface area (Å²) in [6, 6.07) is 0. The zero-order chi connectivity index (χ0) is 10.7. The van der Waals surface area contributed by atoms with E-state index in [-0.39, 0.29) is 5.92 Å². The van der Waals surface area contributed by atoms with Crippen LogP contribution in [0.25, 0.3) is 0 Å². The van der Waals surface area contributed by atoms with Crippen LogP contribution >= 0.6 is 11.8 Å². The van der Waals surface area contributed by atoms with Gasteiger partial charge in [0.05, 0.1) is 5.92 Å². The molecular formula is C11H20O2S. The first-order valence-corrected chi connectivity index (χ1v) is 6.33. The number of hydrogen-bond donors (Lipinski definition) is 1. The van der Waals surface area contributed by atoms with Gasteiger partial charge in [-0.15, -0.1) is 0 Å². The van der Waals surface area contributed by atoms with Gasteiger partial charge >= 0.3 is 5.97 Å². The Morgan fingerprint density at radius 2 is 2.07 bits per heavy atom. The van der Waals surface area contributed by atoms with Gasteiger partial charge in [-0.05, 0) is 30.4 Å². The molecule has 3 atom stereocenters. The van der Waals surface area contributed by atoms with Crippen molar-refractivity contribution in [3.05, 3.63) is 0 Å². The third kappa shape index (κ3) is 3.19. The third-order valence-electron chi connectivity index (χ3n) is 2.82. The summed E-state index contributed by atoms with van der Waals surface area (Å²) in [4.78, 5) is 11.0. The van der Waals surface area contributed by atoms with Crippen LogP contribution in [0, 0.1) is 11.8 Å². The maximum Gasteiger partial charge on any atom is 0.307 e. The number of hydrogen-bond acceptors (Lipinski definition) is 2. The summed E-state index contributed by atoms with van der Waals surface area (Å²) in [5.74, 6) is -0.0181. The van der Waals surface area contributed by atoms with Crippen molar-refractivity contribution in [3.63, 3.8) is 0 Å². The quantitative estimate of drug-likeness (QED) is 0.788. The number of carboxylic acid groups (broad SMARTS) is 1. The summed E-state index contributed by atoms with van der Waals surface area (Å²) in [5.41, 5.74) is 0. The van der Waals surface area contributed by atoms with Crippen LogP contribution < -0.4 is 0 Å². The van der Waals surface area contributed by atoms with E-state index in [0.29, 0.717) is 16.4 Å². The summed E-state index contributed by atoms with van der Waals surface area (Å²) >= 11 is 1.83. The second-order valence-corrected chi connectivity index (χ2v) is 6.41. The molecule has 0 aromatic carbocycles. The first-order chi connectivity index (χ1) is 6.50. The highest BCUT2D eigenvalue weighted by Gasteiger charge is 2.34. The lowest BCUT2D eigenvalue weighted by molar-refractivity contribution is -0.142. The van der Waals surface area contributed by atoms with Crippen molar-refractivity contribution in [2.75, 3.05) is 0 Å². The van der Waals surface area contributed by atoms with Crippen molar-refractivity contribution in [1.29, 1.82) is 0 Å². The van der Waals surface area contributed by atoms with Crippen LogP contribution in [0.1, 0.15) is 40.0 Å². The van der Waals surface area contributed by atoms with Crippen molar-refractivity contribution in [2.45, 2.75) is 50.5 Å². The van der Waals surface area contributed by atoms with Crippen LogP contribution in [0.3, 0.4) is 0 Å². The Morgan fingerprint density at radius 3 is 2.57 bits per heavy atom. The molecule has 0 radical (unpaired) electrons. The molecule has 0 spiro atoms. The maximum atomic E-state index is 11.0. The van der Waals surface area contributed by atoms with E-state index in [2.05, 4.69) is 20.8 Å².